The zero-order chi connectivity index (χ0) is 11.4. The van der Waals surface area contributed by atoms with Gasteiger partial charge in [0.25, 0.3) is 0 Å². The Morgan fingerprint density at radius 1 is 1.47 bits per heavy atom. The van der Waals surface area contributed by atoms with Crippen molar-refractivity contribution in [1.29, 1.82) is 0 Å². The Morgan fingerprint density at radius 2 is 2.07 bits per heavy atom. The van der Waals surface area contributed by atoms with Gasteiger partial charge < -0.3 is 11.1 Å². The maximum atomic E-state index is 5.87. The van der Waals surface area contributed by atoms with Gasteiger partial charge in [0.2, 0.25) is 0 Å². The molecule has 1 aromatic rings. The van der Waals surface area contributed by atoms with E-state index in [9.17, 15) is 0 Å². The van der Waals surface area contributed by atoms with Crippen LogP contribution in [0.1, 0.15) is 32.3 Å². The van der Waals surface area contributed by atoms with Crippen molar-refractivity contribution >= 4 is 34.1 Å². The van der Waals surface area contributed by atoms with Crippen molar-refractivity contribution in [3.8, 4) is 0 Å². The Morgan fingerprint density at radius 3 is 2.60 bits per heavy atom. The minimum Gasteiger partial charge on any atom is -0.382 e. The predicted molar refractivity (Wildman–Crippen MR) is 74.1 cm³/mol. The summed E-state index contributed by atoms with van der Waals surface area (Å²) in [5.41, 5.74) is 8.06. The third kappa shape index (κ3) is 2.96. The molecular formula is C11H18IN3. The van der Waals surface area contributed by atoms with E-state index in [-0.39, 0.29) is 0 Å². The summed E-state index contributed by atoms with van der Waals surface area (Å²) in [5, 5.41) is 3.46. The molecule has 3 N–H and O–H groups in total. The SMILES string of the molecule is CCC(CC)Nc1c(N)ncc(I)c1C. The molecule has 1 heterocycles. The van der Waals surface area contributed by atoms with Crippen LogP contribution in [0.15, 0.2) is 6.20 Å². The number of anilines is 2. The van der Waals surface area contributed by atoms with Crippen LogP contribution in [0.3, 0.4) is 0 Å². The molecule has 0 unspecified atom stereocenters. The van der Waals surface area contributed by atoms with E-state index in [0.717, 1.165) is 22.1 Å². The molecule has 0 aliphatic carbocycles. The molecule has 0 fully saturated rings. The summed E-state index contributed by atoms with van der Waals surface area (Å²) in [5.74, 6) is 0.597. The lowest BCUT2D eigenvalue weighted by Crippen LogP contribution is -2.19. The van der Waals surface area contributed by atoms with Crippen molar-refractivity contribution in [3.63, 3.8) is 0 Å². The summed E-state index contributed by atoms with van der Waals surface area (Å²) >= 11 is 2.28. The van der Waals surface area contributed by atoms with Crippen molar-refractivity contribution in [1.82, 2.24) is 4.98 Å². The second kappa shape index (κ2) is 5.53. The summed E-state index contributed by atoms with van der Waals surface area (Å²) in [7, 11) is 0. The highest BCUT2D eigenvalue weighted by Crippen LogP contribution is 2.26. The smallest absolute Gasteiger partial charge is 0.147 e. The van der Waals surface area contributed by atoms with E-state index >= 15 is 0 Å². The number of hydrogen-bond donors (Lipinski definition) is 2. The molecule has 0 aliphatic rings. The summed E-state index contributed by atoms with van der Waals surface area (Å²) < 4.78 is 1.15. The van der Waals surface area contributed by atoms with E-state index < -0.39 is 0 Å². The zero-order valence-electron chi connectivity index (χ0n) is 9.47. The van der Waals surface area contributed by atoms with Gasteiger partial charge in [-0.05, 0) is 47.9 Å². The number of pyridine rings is 1. The average molecular weight is 319 g/mol. The quantitative estimate of drug-likeness (QED) is 0.838. The lowest BCUT2D eigenvalue weighted by Gasteiger charge is -2.19. The predicted octanol–water partition coefficient (Wildman–Crippen LogP) is 3.18. The second-order valence-electron chi connectivity index (χ2n) is 3.65. The van der Waals surface area contributed by atoms with Crippen molar-refractivity contribution in [2.75, 3.05) is 11.1 Å². The number of aromatic nitrogens is 1. The third-order valence-electron chi connectivity index (χ3n) is 2.64. The summed E-state index contributed by atoms with van der Waals surface area (Å²) in [6.45, 7) is 6.42. The average Bonchev–Trinajstić information content (AvgIpc) is 2.24. The first-order valence-electron chi connectivity index (χ1n) is 5.27. The molecule has 0 amide bonds. The Bertz CT molecular complexity index is 335. The van der Waals surface area contributed by atoms with Crippen molar-refractivity contribution < 1.29 is 0 Å². The largest absolute Gasteiger partial charge is 0.382 e. The highest BCUT2D eigenvalue weighted by Gasteiger charge is 2.11. The van der Waals surface area contributed by atoms with E-state index in [0.29, 0.717) is 11.9 Å². The van der Waals surface area contributed by atoms with Gasteiger partial charge >= 0.3 is 0 Å². The Kier molecular flexibility index (Phi) is 4.63. The fraction of sp³-hybridized carbons (Fsp3) is 0.545. The third-order valence-corrected chi connectivity index (χ3v) is 3.73. The van der Waals surface area contributed by atoms with Crippen LogP contribution in [-0.2, 0) is 0 Å². The molecule has 0 aliphatic heterocycles. The minimum absolute atomic E-state index is 0.478. The van der Waals surface area contributed by atoms with Crippen LogP contribution in [0, 0.1) is 10.5 Å². The van der Waals surface area contributed by atoms with Gasteiger partial charge in [-0.1, -0.05) is 13.8 Å². The van der Waals surface area contributed by atoms with Crippen molar-refractivity contribution in [3.05, 3.63) is 15.3 Å². The van der Waals surface area contributed by atoms with Crippen LogP contribution < -0.4 is 11.1 Å². The molecule has 4 heteroatoms. The molecule has 0 spiro atoms. The van der Waals surface area contributed by atoms with Crippen LogP contribution in [0.4, 0.5) is 11.5 Å². The number of nitrogen functional groups attached to an aromatic ring is 1. The van der Waals surface area contributed by atoms with Crippen LogP contribution >= 0.6 is 22.6 Å². The van der Waals surface area contributed by atoms with Gasteiger partial charge in [-0.15, -0.1) is 0 Å². The van der Waals surface area contributed by atoms with Gasteiger partial charge in [0.05, 0.1) is 5.69 Å². The Balaban J connectivity index is 2.97. The minimum atomic E-state index is 0.478. The second-order valence-corrected chi connectivity index (χ2v) is 4.81. The van der Waals surface area contributed by atoms with Gasteiger partial charge in [0.15, 0.2) is 0 Å². The fourth-order valence-corrected chi connectivity index (χ4v) is 1.89. The number of halogens is 1. The molecule has 1 aromatic heterocycles. The fourth-order valence-electron chi connectivity index (χ4n) is 1.48. The Labute approximate surface area is 105 Å². The van der Waals surface area contributed by atoms with Gasteiger partial charge in [-0.25, -0.2) is 4.98 Å². The standard InChI is InChI=1S/C11H18IN3/c1-4-8(5-2)15-10-7(3)9(12)6-14-11(10)13/h6,8,15H,4-5H2,1-3H3,(H2,13,14). The number of nitrogens with two attached hydrogens (primary N) is 1. The van der Waals surface area contributed by atoms with Crippen LogP contribution in [0.2, 0.25) is 0 Å². The molecule has 84 valence electrons. The van der Waals surface area contributed by atoms with Gasteiger partial charge in [-0.3, -0.25) is 0 Å². The normalized spacial score (nSPS) is 10.7. The highest BCUT2D eigenvalue weighted by atomic mass is 127. The molecule has 0 aromatic carbocycles. The number of rotatable bonds is 4. The lowest BCUT2D eigenvalue weighted by molar-refractivity contribution is 0.671. The molecule has 0 saturated carbocycles. The first kappa shape index (κ1) is 12.5. The summed E-state index contributed by atoms with van der Waals surface area (Å²) in [6.07, 6.45) is 4.00. The molecule has 0 radical (unpaired) electrons. The van der Waals surface area contributed by atoms with E-state index in [1.165, 1.54) is 5.56 Å². The van der Waals surface area contributed by atoms with Crippen molar-refractivity contribution in [2.45, 2.75) is 39.7 Å². The molecule has 3 nitrogen and oxygen atoms in total. The van der Waals surface area contributed by atoms with Gasteiger partial charge in [0.1, 0.15) is 5.82 Å². The first-order valence-corrected chi connectivity index (χ1v) is 6.35. The van der Waals surface area contributed by atoms with E-state index in [1.54, 1.807) is 0 Å². The molecule has 0 bridgehead atoms. The van der Waals surface area contributed by atoms with E-state index in [1.807, 2.05) is 6.20 Å². The first-order chi connectivity index (χ1) is 7.10. The Hall–Kier alpha value is -0.520. The highest BCUT2D eigenvalue weighted by molar-refractivity contribution is 14.1. The maximum Gasteiger partial charge on any atom is 0.147 e. The van der Waals surface area contributed by atoms with E-state index in [2.05, 4.69) is 53.7 Å². The zero-order valence-corrected chi connectivity index (χ0v) is 11.6. The topological polar surface area (TPSA) is 50.9 Å². The van der Waals surface area contributed by atoms with Gasteiger partial charge in [0, 0.05) is 15.8 Å². The van der Waals surface area contributed by atoms with Crippen molar-refractivity contribution in [2.24, 2.45) is 0 Å². The summed E-state index contributed by atoms with van der Waals surface area (Å²) in [6, 6.07) is 0.478. The molecule has 15 heavy (non-hydrogen) atoms. The van der Waals surface area contributed by atoms with Crippen LogP contribution in [0.25, 0.3) is 0 Å². The molecule has 0 saturated heterocycles. The van der Waals surface area contributed by atoms with Crippen LogP contribution in [-0.4, -0.2) is 11.0 Å². The number of hydrogen-bond acceptors (Lipinski definition) is 3. The molecule has 0 atom stereocenters. The monoisotopic (exact) mass is 319 g/mol. The number of nitrogens with zero attached hydrogens (tertiary/aromatic N) is 1. The molecule has 1 rings (SSSR count). The van der Waals surface area contributed by atoms with E-state index in [4.69, 9.17) is 5.73 Å². The summed E-state index contributed by atoms with van der Waals surface area (Å²) in [4.78, 5) is 4.17. The van der Waals surface area contributed by atoms with Crippen LogP contribution in [0.5, 0.6) is 0 Å². The lowest BCUT2D eigenvalue weighted by atomic mass is 10.1. The number of nitrogens with one attached hydrogen (secondary N) is 1. The molecular weight excluding hydrogens is 301 g/mol. The maximum absolute atomic E-state index is 5.87. The van der Waals surface area contributed by atoms with Gasteiger partial charge in [-0.2, -0.15) is 0 Å².